The summed E-state index contributed by atoms with van der Waals surface area (Å²) in [6.45, 7) is 4.60. The molecule has 0 spiro atoms. The van der Waals surface area contributed by atoms with Gasteiger partial charge < -0.3 is 14.3 Å². The van der Waals surface area contributed by atoms with Crippen molar-refractivity contribution in [1.29, 1.82) is 0 Å². The smallest absolute Gasteiger partial charge is 0.253 e. The molecule has 3 heterocycles. The van der Waals surface area contributed by atoms with E-state index in [0.29, 0.717) is 22.7 Å². The minimum absolute atomic E-state index is 0.211. The summed E-state index contributed by atoms with van der Waals surface area (Å²) in [4.78, 5) is 17.2. The van der Waals surface area contributed by atoms with Crippen LogP contribution in [0.25, 0.3) is 16.9 Å². The number of fused-ring (bicyclic) bond motifs is 1. The maximum absolute atomic E-state index is 13.1. The Morgan fingerprint density at radius 1 is 1.18 bits per heavy atom. The molecular weight excluding hydrogens is 359 g/mol. The standard InChI is InChI=1S/C20H19FN6O/c1-3-26-12-22-25-19(26)13(2)23-20(28)15-6-9-18-24-17(11-27(18)10-15)14-4-7-16(21)8-5-14/h4-13H,3H2,1-2H3,(H,23,28)/t13-/m0/s1. The lowest BCUT2D eigenvalue weighted by molar-refractivity contribution is 0.0937. The Morgan fingerprint density at radius 3 is 2.71 bits per heavy atom. The second kappa shape index (κ2) is 7.22. The fourth-order valence-electron chi connectivity index (χ4n) is 3.07. The molecule has 142 valence electrons. The van der Waals surface area contributed by atoms with Crippen LogP contribution in [0.1, 0.15) is 36.1 Å². The number of rotatable bonds is 5. The van der Waals surface area contributed by atoms with Crippen molar-refractivity contribution < 1.29 is 9.18 Å². The molecule has 0 aliphatic carbocycles. The number of halogens is 1. The fourth-order valence-corrected chi connectivity index (χ4v) is 3.07. The van der Waals surface area contributed by atoms with Gasteiger partial charge in [-0.3, -0.25) is 4.79 Å². The lowest BCUT2D eigenvalue weighted by Crippen LogP contribution is -2.28. The summed E-state index contributed by atoms with van der Waals surface area (Å²) in [6.07, 6.45) is 5.19. The molecule has 0 bridgehead atoms. The van der Waals surface area contributed by atoms with Crippen LogP contribution < -0.4 is 5.32 Å². The molecule has 0 fully saturated rings. The highest BCUT2D eigenvalue weighted by molar-refractivity contribution is 5.94. The Bertz CT molecular complexity index is 1130. The van der Waals surface area contributed by atoms with Crippen molar-refractivity contribution in [1.82, 2.24) is 29.5 Å². The molecule has 1 atom stereocenters. The Labute approximate surface area is 160 Å². The van der Waals surface area contributed by atoms with Crippen LogP contribution in [0.5, 0.6) is 0 Å². The van der Waals surface area contributed by atoms with E-state index in [0.717, 1.165) is 12.1 Å². The minimum Gasteiger partial charge on any atom is -0.342 e. The van der Waals surface area contributed by atoms with E-state index in [1.165, 1.54) is 12.1 Å². The Balaban J connectivity index is 1.57. The number of carbonyl (C=O) groups excluding carboxylic acids is 1. The summed E-state index contributed by atoms with van der Waals surface area (Å²) in [6, 6.07) is 9.38. The van der Waals surface area contributed by atoms with Gasteiger partial charge in [-0.05, 0) is 50.2 Å². The van der Waals surface area contributed by atoms with Gasteiger partial charge in [-0.15, -0.1) is 10.2 Å². The van der Waals surface area contributed by atoms with Crippen LogP contribution in [0.15, 0.2) is 55.1 Å². The largest absolute Gasteiger partial charge is 0.342 e. The summed E-state index contributed by atoms with van der Waals surface area (Å²) in [5, 5.41) is 10.9. The zero-order valence-corrected chi connectivity index (χ0v) is 15.5. The first-order valence-corrected chi connectivity index (χ1v) is 8.98. The molecule has 8 heteroatoms. The predicted molar refractivity (Wildman–Crippen MR) is 102 cm³/mol. The number of carbonyl (C=O) groups is 1. The van der Waals surface area contributed by atoms with Crippen LogP contribution in [-0.2, 0) is 6.54 Å². The summed E-state index contributed by atoms with van der Waals surface area (Å²) in [7, 11) is 0. The zero-order valence-electron chi connectivity index (χ0n) is 15.5. The van der Waals surface area contributed by atoms with Gasteiger partial charge in [0, 0.05) is 24.5 Å². The monoisotopic (exact) mass is 378 g/mol. The summed E-state index contributed by atoms with van der Waals surface area (Å²) < 4.78 is 16.8. The SMILES string of the molecule is CCn1cnnc1[C@H](C)NC(=O)c1ccc2nc(-c3ccc(F)cc3)cn2c1. The van der Waals surface area contributed by atoms with Crippen molar-refractivity contribution in [3.8, 4) is 11.3 Å². The molecule has 1 amide bonds. The second-order valence-corrected chi connectivity index (χ2v) is 6.49. The Kier molecular flexibility index (Phi) is 4.60. The number of imidazole rings is 1. The molecular formula is C20H19FN6O. The Hall–Kier alpha value is -3.55. The highest BCUT2D eigenvalue weighted by Crippen LogP contribution is 2.20. The van der Waals surface area contributed by atoms with E-state index >= 15 is 0 Å². The van der Waals surface area contributed by atoms with Crippen molar-refractivity contribution in [2.45, 2.75) is 26.4 Å². The van der Waals surface area contributed by atoms with E-state index in [1.54, 1.807) is 41.2 Å². The third kappa shape index (κ3) is 3.36. The van der Waals surface area contributed by atoms with Crippen LogP contribution in [-0.4, -0.2) is 30.1 Å². The second-order valence-electron chi connectivity index (χ2n) is 6.49. The number of nitrogens with zero attached hydrogens (tertiary/aromatic N) is 5. The first-order valence-electron chi connectivity index (χ1n) is 8.98. The molecule has 0 unspecified atom stereocenters. The zero-order chi connectivity index (χ0) is 19.7. The summed E-state index contributed by atoms with van der Waals surface area (Å²) in [5.74, 6) is 0.203. The van der Waals surface area contributed by atoms with Gasteiger partial charge in [0.25, 0.3) is 5.91 Å². The fraction of sp³-hybridized carbons (Fsp3) is 0.200. The summed E-state index contributed by atoms with van der Waals surface area (Å²) >= 11 is 0. The van der Waals surface area contributed by atoms with Gasteiger partial charge in [-0.25, -0.2) is 9.37 Å². The van der Waals surface area contributed by atoms with Crippen molar-refractivity contribution in [2.75, 3.05) is 0 Å². The molecule has 0 saturated heterocycles. The minimum atomic E-state index is -0.292. The molecule has 28 heavy (non-hydrogen) atoms. The van der Waals surface area contributed by atoms with Gasteiger partial charge in [-0.1, -0.05) is 0 Å². The highest BCUT2D eigenvalue weighted by Gasteiger charge is 2.17. The number of aromatic nitrogens is 5. The molecule has 1 aromatic carbocycles. The van der Waals surface area contributed by atoms with Gasteiger partial charge in [0.05, 0.1) is 17.3 Å². The topological polar surface area (TPSA) is 77.1 Å². The number of benzene rings is 1. The van der Waals surface area contributed by atoms with Crippen molar-refractivity contribution >= 4 is 11.6 Å². The average molecular weight is 378 g/mol. The average Bonchev–Trinajstić information content (AvgIpc) is 3.34. The van der Waals surface area contributed by atoms with Gasteiger partial charge in [0.15, 0.2) is 5.82 Å². The van der Waals surface area contributed by atoms with Crippen molar-refractivity contribution in [3.63, 3.8) is 0 Å². The van der Waals surface area contributed by atoms with Crippen LogP contribution in [0.4, 0.5) is 4.39 Å². The maximum Gasteiger partial charge on any atom is 0.253 e. The molecule has 0 aliphatic heterocycles. The van der Waals surface area contributed by atoms with Gasteiger partial charge in [0.2, 0.25) is 0 Å². The highest BCUT2D eigenvalue weighted by atomic mass is 19.1. The van der Waals surface area contributed by atoms with Crippen LogP contribution in [0, 0.1) is 5.82 Å². The molecule has 3 aromatic heterocycles. The quantitative estimate of drug-likeness (QED) is 0.578. The normalized spacial score (nSPS) is 12.2. The number of aryl methyl sites for hydroxylation is 1. The molecule has 0 saturated carbocycles. The first-order chi connectivity index (χ1) is 13.5. The lowest BCUT2D eigenvalue weighted by Gasteiger charge is -2.14. The number of amides is 1. The van der Waals surface area contributed by atoms with Gasteiger partial charge in [0.1, 0.15) is 17.8 Å². The van der Waals surface area contributed by atoms with E-state index in [4.69, 9.17) is 0 Å². The predicted octanol–water partition coefficient (Wildman–Crippen LogP) is 3.24. The maximum atomic E-state index is 13.1. The van der Waals surface area contributed by atoms with Crippen LogP contribution in [0.3, 0.4) is 0 Å². The number of hydrogen-bond acceptors (Lipinski definition) is 4. The van der Waals surface area contributed by atoms with Crippen molar-refractivity contribution in [2.24, 2.45) is 0 Å². The number of hydrogen-bond donors (Lipinski definition) is 1. The third-order valence-corrected chi connectivity index (χ3v) is 4.57. The van der Waals surface area contributed by atoms with Gasteiger partial charge >= 0.3 is 0 Å². The van der Waals surface area contributed by atoms with E-state index in [-0.39, 0.29) is 17.8 Å². The van der Waals surface area contributed by atoms with Crippen LogP contribution >= 0.6 is 0 Å². The van der Waals surface area contributed by atoms with E-state index in [9.17, 15) is 9.18 Å². The molecule has 7 nitrogen and oxygen atoms in total. The molecule has 4 rings (SSSR count). The molecule has 0 radical (unpaired) electrons. The third-order valence-electron chi connectivity index (χ3n) is 4.57. The molecule has 4 aromatic rings. The van der Waals surface area contributed by atoms with E-state index in [2.05, 4.69) is 20.5 Å². The first kappa shape index (κ1) is 17.8. The Morgan fingerprint density at radius 2 is 1.96 bits per heavy atom. The van der Waals surface area contributed by atoms with Crippen LogP contribution in [0.2, 0.25) is 0 Å². The molecule has 0 aliphatic rings. The number of nitrogens with one attached hydrogen (secondary N) is 1. The molecule has 1 N–H and O–H groups in total. The number of pyridine rings is 1. The van der Waals surface area contributed by atoms with E-state index < -0.39 is 0 Å². The van der Waals surface area contributed by atoms with Gasteiger partial charge in [-0.2, -0.15) is 0 Å². The summed E-state index contributed by atoms with van der Waals surface area (Å²) in [5.41, 5.74) is 2.73. The van der Waals surface area contributed by atoms with Crippen molar-refractivity contribution in [3.05, 3.63) is 72.3 Å². The lowest BCUT2D eigenvalue weighted by atomic mass is 10.2. The van der Waals surface area contributed by atoms with E-state index in [1.807, 2.05) is 24.6 Å².